The number of rotatable bonds is 3. The zero-order valence-electron chi connectivity index (χ0n) is 14.1. The minimum absolute atomic E-state index is 0.0378. The molecule has 2 aliphatic rings. The van der Waals surface area contributed by atoms with Crippen molar-refractivity contribution in [1.29, 1.82) is 0 Å². The van der Waals surface area contributed by atoms with Gasteiger partial charge in [-0.2, -0.15) is 0 Å². The predicted molar refractivity (Wildman–Crippen MR) is 91.1 cm³/mol. The van der Waals surface area contributed by atoms with Gasteiger partial charge in [0.15, 0.2) is 0 Å². The Labute approximate surface area is 139 Å². The van der Waals surface area contributed by atoms with E-state index < -0.39 is 5.41 Å². The minimum Gasteiger partial charge on any atom is -0.381 e. The molecule has 2 fully saturated rings. The lowest BCUT2D eigenvalue weighted by Crippen LogP contribution is -2.55. The molecular formula is C19H28N2O2. The second-order valence-corrected chi connectivity index (χ2v) is 7.35. The standard InChI is InChI=1S/C19H28N2O2/c1-18(16-6-3-2-4-7-16)8-5-11-21(15-18)17(22)19(14-20)9-12-23-13-10-19/h2-4,6-7H,5,8-15,20H2,1H3. The molecule has 1 unspecified atom stereocenters. The quantitative estimate of drug-likeness (QED) is 0.931. The molecule has 2 aliphatic heterocycles. The van der Waals surface area contributed by atoms with E-state index in [9.17, 15) is 4.79 Å². The van der Waals surface area contributed by atoms with Gasteiger partial charge in [0.25, 0.3) is 0 Å². The molecule has 0 radical (unpaired) electrons. The van der Waals surface area contributed by atoms with E-state index in [1.807, 2.05) is 6.07 Å². The van der Waals surface area contributed by atoms with Gasteiger partial charge < -0.3 is 15.4 Å². The summed E-state index contributed by atoms with van der Waals surface area (Å²) in [6, 6.07) is 10.6. The Morgan fingerprint density at radius 2 is 1.91 bits per heavy atom. The second-order valence-electron chi connectivity index (χ2n) is 7.35. The number of piperidine rings is 1. The van der Waals surface area contributed by atoms with E-state index >= 15 is 0 Å². The Morgan fingerprint density at radius 3 is 2.57 bits per heavy atom. The average molecular weight is 316 g/mol. The summed E-state index contributed by atoms with van der Waals surface area (Å²) in [4.78, 5) is 15.3. The summed E-state index contributed by atoms with van der Waals surface area (Å²) >= 11 is 0. The topological polar surface area (TPSA) is 55.6 Å². The van der Waals surface area contributed by atoms with E-state index in [2.05, 4.69) is 36.1 Å². The minimum atomic E-state index is -0.410. The van der Waals surface area contributed by atoms with Crippen molar-refractivity contribution in [3.8, 4) is 0 Å². The molecule has 1 amide bonds. The van der Waals surface area contributed by atoms with E-state index in [-0.39, 0.29) is 11.3 Å². The molecule has 126 valence electrons. The Balaban J connectivity index is 1.79. The molecule has 1 atom stereocenters. The molecule has 23 heavy (non-hydrogen) atoms. The molecule has 3 rings (SSSR count). The molecule has 1 aromatic rings. The maximum atomic E-state index is 13.2. The lowest BCUT2D eigenvalue weighted by molar-refractivity contribution is -0.149. The molecule has 0 aliphatic carbocycles. The number of ether oxygens (including phenoxy) is 1. The molecule has 2 N–H and O–H groups in total. The Morgan fingerprint density at radius 1 is 1.22 bits per heavy atom. The highest BCUT2D eigenvalue weighted by atomic mass is 16.5. The van der Waals surface area contributed by atoms with Crippen LogP contribution in [-0.4, -0.2) is 43.7 Å². The van der Waals surface area contributed by atoms with Gasteiger partial charge in [0.1, 0.15) is 0 Å². The second kappa shape index (κ2) is 6.62. The van der Waals surface area contributed by atoms with Crippen molar-refractivity contribution >= 4 is 5.91 Å². The van der Waals surface area contributed by atoms with Crippen molar-refractivity contribution in [2.24, 2.45) is 11.1 Å². The van der Waals surface area contributed by atoms with E-state index in [4.69, 9.17) is 10.5 Å². The largest absolute Gasteiger partial charge is 0.381 e. The summed E-state index contributed by atoms with van der Waals surface area (Å²) in [5.74, 6) is 0.241. The Hall–Kier alpha value is -1.39. The van der Waals surface area contributed by atoms with Crippen LogP contribution in [0.2, 0.25) is 0 Å². The first-order chi connectivity index (χ1) is 11.1. The molecule has 4 heteroatoms. The summed E-state index contributed by atoms with van der Waals surface area (Å²) in [5.41, 5.74) is 6.98. The van der Waals surface area contributed by atoms with Gasteiger partial charge in [-0.3, -0.25) is 4.79 Å². The first-order valence-electron chi connectivity index (χ1n) is 8.72. The van der Waals surface area contributed by atoms with Crippen LogP contribution in [0.3, 0.4) is 0 Å². The van der Waals surface area contributed by atoms with Crippen molar-refractivity contribution in [2.45, 2.75) is 38.0 Å². The number of hydrogen-bond donors (Lipinski definition) is 1. The van der Waals surface area contributed by atoms with E-state index in [0.717, 1.165) is 38.8 Å². The summed E-state index contributed by atoms with van der Waals surface area (Å²) in [7, 11) is 0. The van der Waals surface area contributed by atoms with Gasteiger partial charge >= 0.3 is 0 Å². The van der Waals surface area contributed by atoms with Crippen molar-refractivity contribution in [1.82, 2.24) is 4.90 Å². The van der Waals surface area contributed by atoms with Crippen LogP contribution in [0.5, 0.6) is 0 Å². The fourth-order valence-electron chi connectivity index (χ4n) is 4.09. The Bertz CT molecular complexity index is 540. The highest BCUT2D eigenvalue weighted by Crippen LogP contribution is 2.37. The van der Waals surface area contributed by atoms with E-state index in [0.29, 0.717) is 19.8 Å². The third-order valence-corrected chi connectivity index (χ3v) is 5.75. The van der Waals surface area contributed by atoms with Crippen LogP contribution >= 0.6 is 0 Å². The fraction of sp³-hybridized carbons (Fsp3) is 0.632. The lowest BCUT2D eigenvalue weighted by Gasteiger charge is -2.45. The molecule has 0 aromatic heterocycles. The van der Waals surface area contributed by atoms with Gasteiger partial charge in [-0.05, 0) is 31.2 Å². The first-order valence-corrected chi connectivity index (χ1v) is 8.72. The lowest BCUT2D eigenvalue weighted by atomic mass is 9.73. The SMILES string of the molecule is CC1(c2ccccc2)CCCN(C(=O)C2(CN)CCOCC2)C1. The Kier molecular flexibility index (Phi) is 4.74. The van der Waals surface area contributed by atoms with Gasteiger partial charge in [0.2, 0.25) is 5.91 Å². The molecule has 2 heterocycles. The van der Waals surface area contributed by atoms with Crippen molar-refractivity contribution in [2.75, 3.05) is 32.8 Å². The maximum absolute atomic E-state index is 13.2. The van der Waals surface area contributed by atoms with Crippen LogP contribution in [0.4, 0.5) is 0 Å². The van der Waals surface area contributed by atoms with E-state index in [1.54, 1.807) is 0 Å². The first kappa shape index (κ1) is 16.5. The number of hydrogen-bond acceptors (Lipinski definition) is 3. The third kappa shape index (κ3) is 3.15. The number of likely N-dealkylation sites (tertiary alicyclic amines) is 1. The predicted octanol–water partition coefficient (Wildman–Crippen LogP) is 2.32. The van der Waals surface area contributed by atoms with Crippen molar-refractivity contribution in [3.63, 3.8) is 0 Å². The highest BCUT2D eigenvalue weighted by Gasteiger charge is 2.44. The molecular weight excluding hydrogens is 288 g/mol. The van der Waals surface area contributed by atoms with E-state index in [1.165, 1.54) is 5.56 Å². The molecule has 0 spiro atoms. The third-order valence-electron chi connectivity index (χ3n) is 5.75. The summed E-state index contributed by atoms with van der Waals surface area (Å²) in [6.45, 7) is 5.64. The summed E-state index contributed by atoms with van der Waals surface area (Å²) < 4.78 is 5.45. The summed E-state index contributed by atoms with van der Waals surface area (Å²) in [5, 5.41) is 0. The molecule has 1 aromatic carbocycles. The van der Waals surface area contributed by atoms with Crippen LogP contribution in [-0.2, 0) is 14.9 Å². The number of carbonyl (C=O) groups excluding carboxylic acids is 1. The summed E-state index contributed by atoms with van der Waals surface area (Å²) in [6.07, 6.45) is 3.68. The number of amides is 1. The van der Waals surface area contributed by atoms with Crippen LogP contribution in [0, 0.1) is 5.41 Å². The number of nitrogens with two attached hydrogens (primary N) is 1. The zero-order valence-corrected chi connectivity index (χ0v) is 14.1. The van der Waals surface area contributed by atoms with Crippen LogP contribution < -0.4 is 5.73 Å². The van der Waals surface area contributed by atoms with Gasteiger partial charge in [0.05, 0.1) is 5.41 Å². The fourth-order valence-corrected chi connectivity index (χ4v) is 4.09. The van der Waals surface area contributed by atoms with Crippen molar-refractivity contribution in [3.05, 3.63) is 35.9 Å². The van der Waals surface area contributed by atoms with Crippen LogP contribution in [0.25, 0.3) is 0 Å². The molecule has 2 saturated heterocycles. The van der Waals surface area contributed by atoms with Gasteiger partial charge in [0, 0.05) is 38.3 Å². The molecule has 0 bridgehead atoms. The van der Waals surface area contributed by atoms with Crippen LogP contribution in [0.1, 0.15) is 38.2 Å². The van der Waals surface area contributed by atoms with Crippen molar-refractivity contribution < 1.29 is 9.53 Å². The number of nitrogens with zero attached hydrogens (tertiary/aromatic N) is 1. The smallest absolute Gasteiger partial charge is 0.230 e. The average Bonchev–Trinajstić information content (AvgIpc) is 2.62. The van der Waals surface area contributed by atoms with Gasteiger partial charge in [-0.1, -0.05) is 37.3 Å². The highest BCUT2D eigenvalue weighted by molar-refractivity contribution is 5.83. The molecule has 4 nitrogen and oxygen atoms in total. The molecule has 0 saturated carbocycles. The monoisotopic (exact) mass is 316 g/mol. The van der Waals surface area contributed by atoms with Crippen LogP contribution in [0.15, 0.2) is 30.3 Å². The maximum Gasteiger partial charge on any atom is 0.230 e. The number of carbonyl (C=O) groups is 1. The van der Waals surface area contributed by atoms with Gasteiger partial charge in [-0.25, -0.2) is 0 Å². The number of benzene rings is 1. The normalized spacial score (nSPS) is 27.7. The van der Waals surface area contributed by atoms with Gasteiger partial charge in [-0.15, -0.1) is 0 Å². The zero-order chi connectivity index (χ0) is 16.3.